The van der Waals surface area contributed by atoms with E-state index in [4.69, 9.17) is 13.9 Å². The van der Waals surface area contributed by atoms with Gasteiger partial charge >= 0.3 is 0 Å². The van der Waals surface area contributed by atoms with Gasteiger partial charge in [-0.1, -0.05) is 6.07 Å². The molecule has 12 heteroatoms. The third-order valence-electron chi connectivity index (χ3n) is 5.34. The average Bonchev–Trinajstić information content (AvgIpc) is 2.78. The van der Waals surface area contributed by atoms with Crippen LogP contribution < -0.4 is 10.2 Å². The molecule has 0 saturated carbocycles. The molecule has 5 atom stereocenters. The largest absolute Gasteiger partial charge is 0.504 e. The van der Waals surface area contributed by atoms with E-state index < -0.39 is 76.9 Å². The van der Waals surface area contributed by atoms with Crippen LogP contribution >= 0.6 is 0 Å². The van der Waals surface area contributed by atoms with Crippen molar-refractivity contribution >= 4 is 11.0 Å². The van der Waals surface area contributed by atoms with Crippen molar-refractivity contribution in [3.63, 3.8) is 0 Å². The standard InChI is InChI=1S/C21H20O12/c22-5-13-16(27)18(29)19(30)21(32-13)33-20-11(25)4-12-14(17(20)28)15(26)8(6-31-12)7-1-2-9(23)10(24)3-7/h1-4,6,13,16,18-19,21-25,27-30H,5H2/t13-,16-,18+,19-,21+/m1/s1. The maximum Gasteiger partial charge on any atom is 0.229 e. The summed E-state index contributed by atoms with van der Waals surface area (Å²) in [7, 11) is 0. The lowest BCUT2D eigenvalue weighted by Crippen LogP contribution is -2.60. The normalized spacial score (nSPS) is 25.3. The van der Waals surface area contributed by atoms with Crippen molar-refractivity contribution in [2.24, 2.45) is 0 Å². The number of fused-ring (bicyclic) bond motifs is 1. The van der Waals surface area contributed by atoms with E-state index in [1.807, 2.05) is 0 Å². The van der Waals surface area contributed by atoms with Crippen LogP contribution in [0.1, 0.15) is 0 Å². The van der Waals surface area contributed by atoms with Gasteiger partial charge in [-0.25, -0.2) is 0 Å². The molecule has 176 valence electrons. The van der Waals surface area contributed by atoms with Gasteiger partial charge in [0.05, 0.1) is 12.2 Å². The van der Waals surface area contributed by atoms with Gasteiger partial charge in [0.1, 0.15) is 41.6 Å². The lowest BCUT2D eigenvalue weighted by Gasteiger charge is -2.39. The van der Waals surface area contributed by atoms with E-state index in [9.17, 15) is 45.6 Å². The molecular weight excluding hydrogens is 444 g/mol. The van der Waals surface area contributed by atoms with E-state index in [0.717, 1.165) is 24.5 Å². The predicted molar refractivity (Wildman–Crippen MR) is 109 cm³/mol. The molecule has 1 saturated heterocycles. The zero-order valence-corrected chi connectivity index (χ0v) is 16.7. The first kappa shape index (κ1) is 22.6. The Morgan fingerprint density at radius 1 is 0.909 bits per heavy atom. The summed E-state index contributed by atoms with van der Waals surface area (Å²) in [5, 5.41) is 79.0. The van der Waals surface area contributed by atoms with Gasteiger partial charge in [0.25, 0.3) is 0 Å². The molecule has 2 aromatic carbocycles. The van der Waals surface area contributed by atoms with Crippen molar-refractivity contribution < 1.29 is 54.7 Å². The minimum atomic E-state index is -1.83. The first-order valence-corrected chi connectivity index (χ1v) is 9.64. The van der Waals surface area contributed by atoms with Crippen LogP contribution in [0.3, 0.4) is 0 Å². The van der Waals surface area contributed by atoms with Crippen molar-refractivity contribution in [3.8, 4) is 39.9 Å². The van der Waals surface area contributed by atoms with Crippen molar-refractivity contribution in [3.05, 3.63) is 40.8 Å². The Bertz CT molecular complexity index is 1250. The molecule has 4 rings (SSSR count). The Morgan fingerprint density at radius 3 is 2.30 bits per heavy atom. The smallest absolute Gasteiger partial charge is 0.229 e. The fourth-order valence-corrected chi connectivity index (χ4v) is 3.52. The highest BCUT2D eigenvalue weighted by atomic mass is 16.7. The third kappa shape index (κ3) is 3.79. The molecule has 0 radical (unpaired) electrons. The van der Waals surface area contributed by atoms with Gasteiger partial charge in [0.15, 0.2) is 23.0 Å². The van der Waals surface area contributed by atoms with E-state index in [-0.39, 0.29) is 16.7 Å². The highest BCUT2D eigenvalue weighted by molar-refractivity contribution is 5.91. The molecule has 1 fully saturated rings. The summed E-state index contributed by atoms with van der Waals surface area (Å²) < 4.78 is 15.8. The maximum absolute atomic E-state index is 13.1. The van der Waals surface area contributed by atoms with Crippen LogP contribution in [0.15, 0.2) is 39.7 Å². The number of rotatable bonds is 4. The Balaban J connectivity index is 1.79. The van der Waals surface area contributed by atoms with Crippen LogP contribution in [0.4, 0.5) is 0 Å². The number of hydrogen-bond acceptors (Lipinski definition) is 12. The van der Waals surface area contributed by atoms with Gasteiger partial charge < -0.3 is 54.7 Å². The summed E-state index contributed by atoms with van der Waals surface area (Å²) >= 11 is 0. The first-order valence-electron chi connectivity index (χ1n) is 9.64. The van der Waals surface area contributed by atoms with E-state index in [2.05, 4.69) is 0 Å². The summed E-state index contributed by atoms with van der Waals surface area (Å²) in [6.45, 7) is -0.729. The molecule has 3 aromatic rings. The lowest BCUT2D eigenvalue weighted by atomic mass is 9.99. The SMILES string of the molecule is O=c1c(-c2ccc(O)c(O)c2)coc2cc(O)c(O[C@@H]3O[C@H](CO)[C@@H](O)[C@H](O)[C@H]3O)c(O)c12. The quantitative estimate of drug-likeness (QED) is 0.229. The predicted octanol–water partition coefficient (Wildman–Crippen LogP) is -0.539. The lowest BCUT2D eigenvalue weighted by molar-refractivity contribution is -0.277. The molecule has 8 N–H and O–H groups in total. The van der Waals surface area contributed by atoms with Gasteiger partial charge in [-0.2, -0.15) is 0 Å². The van der Waals surface area contributed by atoms with Crippen LogP contribution in [-0.2, 0) is 4.74 Å². The first-order chi connectivity index (χ1) is 15.6. The number of aromatic hydroxyl groups is 4. The summed E-state index contributed by atoms with van der Waals surface area (Å²) in [6.07, 6.45) is -7.27. The Labute approximate surface area is 184 Å². The second-order valence-corrected chi connectivity index (χ2v) is 7.44. The van der Waals surface area contributed by atoms with Crippen LogP contribution in [0, 0.1) is 0 Å². The van der Waals surface area contributed by atoms with Crippen molar-refractivity contribution in [2.75, 3.05) is 6.61 Å². The van der Waals surface area contributed by atoms with Gasteiger partial charge in [0.2, 0.25) is 17.5 Å². The fourth-order valence-electron chi connectivity index (χ4n) is 3.52. The number of hydrogen-bond donors (Lipinski definition) is 8. The molecular formula is C21H20O12. The second kappa shape index (κ2) is 8.42. The van der Waals surface area contributed by atoms with Crippen LogP contribution in [0.5, 0.6) is 28.7 Å². The minimum Gasteiger partial charge on any atom is -0.504 e. The van der Waals surface area contributed by atoms with Gasteiger partial charge in [0, 0.05) is 6.07 Å². The summed E-state index contributed by atoms with van der Waals surface area (Å²) in [5.41, 5.74) is -0.942. The molecule has 1 aromatic heterocycles. The van der Waals surface area contributed by atoms with Crippen molar-refractivity contribution in [1.82, 2.24) is 0 Å². The molecule has 1 aliphatic heterocycles. The molecule has 12 nitrogen and oxygen atoms in total. The Hall–Kier alpha value is -3.55. The zero-order valence-electron chi connectivity index (χ0n) is 16.7. The number of aliphatic hydroxyl groups excluding tert-OH is 4. The summed E-state index contributed by atoms with van der Waals surface area (Å²) in [6, 6.07) is 4.55. The molecule has 0 spiro atoms. The number of ether oxygens (including phenoxy) is 2. The molecule has 0 aliphatic carbocycles. The average molecular weight is 464 g/mol. The van der Waals surface area contributed by atoms with Gasteiger partial charge in [-0.15, -0.1) is 0 Å². The van der Waals surface area contributed by atoms with E-state index in [1.165, 1.54) is 6.07 Å². The van der Waals surface area contributed by atoms with Crippen LogP contribution in [0.2, 0.25) is 0 Å². The zero-order chi connectivity index (χ0) is 24.0. The fraction of sp³-hybridized carbons (Fsp3) is 0.286. The Morgan fingerprint density at radius 2 is 1.64 bits per heavy atom. The van der Waals surface area contributed by atoms with E-state index in [0.29, 0.717) is 0 Å². The molecule has 1 aliphatic rings. The van der Waals surface area contributed by atoms with E-state index in [1.54, 1.807) is 0 Å². The highest BCUT2D eigenvalue weighted by Crippen LogP contribution is 2.43. The molecule has 0 bridgehead atoms. The maximum atomic E-state index is 13.1. The molecule has 0 amide bonds. The van der Waals surface area contributed by atoms with Crippen LogP contribution in [0.25, 0.3) is 22.1 Å². The topological polar surface area (TPSA) is 211 Å². The molecule has 33 heavy (non-hydrogen) atoms. The van der Waals surface area contributed by atoms with Crippen molar-refractivity contribution in [1.29, 1.82) is 0 Å². The van der Waals surface area contributed by atoms with Gasteiger partial charge in [-0.05, 0) is 17.7 Å². The summed E-state index contributed by atoms with van der Waals surface area (Å²) in [5.74, 6) is -3.17. The number of benzene rings is 2. The third-order valence-corrected chi connectivity index (χ3v) is 5.34. The molecule has 0 unspecified atom stereocenters. The van der Waals surface area contributed by atoms with Crippen LogP contribution in [-0.4, -0.2) is 78.2 Å². The monoisotopic (exact) mass is 464 g/mol. The highest BCUT2D eigenvalue weighted by Gasteiger charge is 2.45. The van der Waals surface area contributed by atoms with E-state index >= 15 is 0 Å². The number of phenols is 4. The number of aliphatic hydroxyl groups is 4. The van der Waals surface area contributed by atoms with Crippen molar-refractivity contribution in [2.45, 2.75) is 30.7 Å². The summed E-state index contributed by atoms with van der Waals surface area (Å²) in [4.78, 5) is 13.1. The van der Waals surface area contributed by atoms with Gasteiger partial charge in [-0.3, -0.25) is 4.79 Å². The second-order valence-electron chi connectivity index (χ2n) is 7.44. The molecule has 2 heterocycles. The minimum absolute atomic E-state index is 0.0995. The Kier molecular flexibility index (Phi) is 5.78. The number of phenolic OH excluding ortho intramolecular Hbond substituents is 4.